The van der Waals surface area contributed by atoms with Crippen LogP contribution in [0.5, 0.6) is 0 Å². The highest BCUT2D eigenvalue weighted by Gasteiger charge is 2.43. The Bertz CT molecular complexity index is 1520. The number of carbonyl (C=O) groups is 1. The van der Waals surface area contributed by atoms with Crippen molar-refractivity contribution in [3.8, 4) is 0 Å². The highest BCUT2D eigenvalue weighted by Crippen LogP contribution is 2.26. The lowest BCUT2D eigenvalue weighted by Gasteiger charge is -2.38. The number of nitrogens with one attached hydrogen (secondary N) is 1. The van der Waals surface area contributed by atoms with Gasteiger partial charge in [-0.1, -0.05) is 65.7 Å². The average Bonchev–Trinajstić information content (AvgIpc) is 2.91. The fourth-order valence-corrected chi connectivity index (χ4v) is 7.12. The van der Waals surface area contributed by atoms with Gasteiger partial charge >= 0.3 is 0 Å². The number of amides is 1. The number of rotatable bonds is 7. The summed E-state index contributed by atoms with van der Waals surface area (Å²) in [4.78, 5) is 13.2. The summed E-state index contributed by atoms with van der Waals surface area (Å²) in [6, 6.07) is 18.8. The molecule has 13 heteroatoms. The number of hydrogen-bond donors (Lipinski definition) is 1. The molecular formula is C24H22Cl2N4O5S2. The Morgan fingerprint density at radius 2 is 1.43 bits per heavy atom. The first kappa shape index (κ1) is 27.2. The van der Waals surface area contributed by atoms with Crippen LogP contribution < -0.4 is 5.43 Å². The predicted octanol–water partition coefficient (Wildman–Crippen LogP) is 3.21. The van der Waals surface area contributed by atoms with Crippen molar-refractivity contribution in [2.24, 2.45) is 5.10 Å². The molecule has 1 saturated heterocycles. The standard InChI is InChI=1S/C24H22Cl2N4O5S2/c25-21-12-11-18(15-22(21)26)16-27-28-24(31)23-17-29(36(32,33)19-7-3-1-4-8-19)13-14-30(23)37(34,35)20-9-5-2-6-10-20/h1-12,15-16,23H,13-14,17H2,(H,28,31)/b27-16-/t23-/m0/s1. The van der Waals surface area contributed by atoms with Gasteiger partial charge in [0.25, 0.3) is 5.91 Å². The van der Waals surface area contributed by atoms with Crippen molar-refractivity contribution in [2.75, 3.05) is 19.6 Å². The van der Waals surface area contributed by atoms with Gasteiger partial charge in [0.15, 0.2) is 0 Å². The van der Waals surface area contributed by atoms with Crippen LogP contribution in [0.25, 0.3) is 0 Å². The molecular weight excluding hydrogens is 559 g/mol. The lowest BCUT2D eigenvalue weighted by molar-refractivity contribution is -0.125. The largest absolute Gasteiger partial charge is 0.271 e. The van der Waals surface area contributed by atoms with Gasteiger partial charge in [-0.25, -0.2) is 22.3 Å². The molecule has 1 atom stereocenters. The van der Waals surface area contributed by atoms with Gasteiger partial charge in [-0.2, -0.15) is 13.7 Å². The van der Waals surface area contributed by atoms with E-state index < -0.39 is 38.5 Å². The van der Waals surface area contributed by atoms with E-state index in [0.717, 1.165) is 8.61 Å². The molecule has 194 valence electrons. The van der Waals surface area contributed by atoms with E-state index in [1.54, 1.807) is 54.6 Å². The van der Waals surface area contributed by atoms with E-state index >= 15 is 0 Å². The number of hydrogen-bond acceptors (Lipinski definition) is 6. The van der Waals surface area contributed by atoms with Crippen molar-refractivity contribution in [1.29, 1.82) is 0 Å². The number of benzene rings is 3. The minimum Gasteiger partial charge on any atom is -0.271 e. The van der Waals surface area contributed by atoms with Crippen LogP contribution in [0.1, 0.15) is 5.56 Å². The van der Waals surface area contributed by atoms with Crippen molar-refractivity contribution in [2.45, 2.75) is 15.8 Å². The molecule has 3 aromatic rings. The van der Waals surface area contributed by atoms with Gasteiger partial charge in [0.1, 0.15) is 6.04 Å². The van der Waals surface area contributed by atoms with Crippen LogP contribution >= 0.6 is 23.2 Å². The van der Waals surface area contributed by atoms with Crippen LogP contribution in [-0.4, -0.2) is 63.2 Å². The molecule has 0 spiro atoms. The predicted molar refractivity (Wildman–Crippen MR) is 142 cm³/mol. The third-order valence-corrected chi connectivity index (χ3v) is 10.2. The number of nitrogens with zero attached hydrogens (tertiary/aromatic N) is 3. The lowest BCUT2D eigenvalue weighted by atomic mass is 10.2. The quantitative estimate of drug-likeness (QED) is 0.340. The molecule has 0 aliphatic carbocycles. The summed E-state index contributed by atoms with van der Waals surface area (Å²) in [5.41, 5.74) is 2.87. The van der Waals surface area contributed by atoms with Crippen molar-refractivity contribution in [3.63, 3.8) is 0 Å². The molecule has 9 nitrogen and oxygen atoms in total. The van der Waals surface area contributed by atoms with Crippen LogP contribution in [0.3, 0.4) is 0 Å². The molecule has 1 N–H and O–H groups in total. The van der Waals surface area contributed by atoms with E-state index in [1.165, 1.54) is 30.5 Å². The summed E-state index contributed by atoms with van der Waals surface area (Å²) in [7, 11) is -8.08. The monoisotopic (exact) mass is 580 g/mol. The van der Waals surface area contributed by atoms with Crippen LogP contribution in [0.2, 0.25) is 10.0 Å². The number of carbonyl (C=O) groups excluding carboxylic acids is 1. The molecule has 1 heterocycles. The molecule has 0 saturated carbocycles. The average molecular weight is 582 g/mol. The maximum absolute atomic E-state index is 13.4. The molecule has 4 rings (SSSR count). The summed E-state index contributed by atoms with van der Waals surface area (Å²) in [6.07, 6.45) is 1.32. The minimum absolute atomic E-state index is 0.00789. The van der Waals surface area contributed by atoms with E-state index in [0.29, 0.717) is 15.6 Å². The number of sulfonamides is 2. The summed E-state index contributed by atoms with van der Waals surface area (Å²) in [5, 5.41) is 4.56. The highest BCUT2D eigenvalue weighted by molar-refractivity contribution is 7.89. The van der Waals surface area contributed by atoms with Crippen LogP contribution in [0.15, 0.2) is 93.8 Å². The van der Waals surface area contributed by atoms with Crippen molar-refractivity contribution in [3.05, 3.63) is 94.5 Å². The van der Waals surface area contributed by atoms with Gasteiger partial charge in [0, 0.05) is 19.6 Å². The molecule has 37 heavy (non-hydrogen) atoms. The molecule has 3 aromatic carbocycles. The molecule has 1 fully saturated rings. The van der Waals surface area contributed by atoms with E-state index in [2.05, 4.69) is 10.5 Å². The van der Waals surface area contributed by atoms with Gasteiger partial charge in [-0.3, -0.25) is 4.79 Å². The molecule has 1 aliphatic rings. The van der Waals surface area contributed by atoms with Gasteiger partial charge in [0.05, 0.1) is 26.1 Å². The maximum atomic E-state index is 13.4. The first-order valence-electron chi connectivity index (χ1n) is 11.0. The summed E-state index contributed by atoms with van der Waals surface area (Å²) in [6.45, 7) is -0.741. The Balaban J connectivity index is 1.62. The zero-order chi connectivity index (χ0) is 26.6. The highest BCUT2D eigenvalue weighted by atomic mass is 35.5. The third kappa shape index (κ3) is 6.03. The minimum atomic E-state index is -4.11. The second-order valence-electron chi connectivity index (χ2n) is 8.03. The Labute approximate surface area is 225 Å². The smallest absolute Gasteiger partial charge is 0.259 e. The first-order chi connectivity index (χ1) is 17.6. The molecule has 0 radical (unpaired) electrons. The van der Waals surface area contributed by atoms with Gasteiger partial charge in [0.2, 0.25) is 20.0 Å². The Hall–Kier alpha value is -2.80. The van der Waals surface area contributed by atoms with Gasteiger partial charge in [-0.05, 0) is 42.0 Å². The molecule has 0 unspecified atom stereocenters. The van der Waals surface area contributed by atoms with Crippen molar-refractivity contribution in [1.82, 2.24) is 14.0 Å². The maximum Gasteiger partial charge on any atom is 0.259 e. The number of halogens is 2. The second-order valence-corrected chi connectivity index (χ2v) is 12.7. The third-order valence-electron chi connectivity index (χ3n) is 5.66. The Morgan fingerprint density at radius 1 is 0.838 bits per heavy atom. The Morgan fingerprint density at radius 3 is 2.03 bits per heavy atom. The summed E-state index contributed by atoms with van der Waals surface area (Å²) < 4.78 is 55.3. The zero-order valence-corrected chi connectivity index (χ0v) is 22.4. The topological polar surface area (TPSA) is 116 Å². The SMILES string of the molecule is O=C(N/N=C\c1ccc(Cl)c(Cl)c1)[C@@H]1CN(S(=O)(=O)c2ccccc2)CCN1S(=O)(=O)c1ccccc1. The molecule has 0 aromatic heterocycles. The van der Waals surface area contributed by atoms with E-state index in [9.17, 15) is 21.6 Å². The molecule has 1 amide bonds. The summed E-state index contributed by atoms with van der Waals surface area (Å²) >= 11 is 11.9. The normalized spacial score (nSPS) is 17.6. The van der Waals surface area contributed by atoms with Crippen LogP contribution in [-0.2, 0) is 24.8 Å². The van der Waals surface area contributed by atoms with E-state index in [1.807, 2.05) is 0 Å². The number of hydrazone groups is 1. The first-order valence-corrected chi connectivity index (χ1v) is 14.6. The fraction of sp³-hybridized carbons (Fsp3) is 0.167. The van der Waals surface area contributed by atoms with Crippen LogP contribution in [0, 0.1) is 0 Å². The summed E-state index contributed by atoms with van der Waals surface area (Å²) in [5.74, 6) is -0.788. The number of piperazine rings is 1. The molecule has 0 bridgehead atoms. The van der Waals surface area contributed by atoms with Crippen molar-refractivity contribution >= 4 is 55.4 Å². The Kier molecular flexibility index (Phi) is 8.32. The van der Waals surface area contributed by atoms with E-state index in [4.69, 9.17) is 23.2 Å². The second kappa shape index (κ2) is 11.3. The fourth-order valence-electron chi connectivity index (χ4n) is 3.77. The van der Waals surface area contributed by atoms with E-state index in [-0.39, 0.29) is 22.9 Å². The van der Waals surface area contributed by atoms with Gasteiger partial charge < -0.3 is 0 Å². The molecule has 1 aliphatic heterocycles. The van der Waals surface area contributed by atoms with Crippen LogP contribution in [0.4, 0.5) is 0 Å². The zero-order valence-electron chi connectivity index (χ0n) is 19.2. The van der Waals surface area contributed by atoms with Gasteiger partial charge in [-0.15, -0.1) is 0 Å². The lowest BCUT2D eigenvalue weighted by Crippen LogP contribution is -2.60. The van der Waals surface area contributed by atoms with Crippen molar-refractivity contribution < 1.29 is 21.6 Å².